The van der Waals surface area contributed by atoms with E-state index in [0.29, 0.717) is 5.92 Å². The topological polar surface area (TPSA) is 44.4 Å². The molecule has 0 bridgehead atoms. The molecule has 0 saturated carbocycles. The Bertz CT molecular complexity index is 439. The fraction of sp³-hybridized carbons (Fsp3) is 0.562. The number of carbonyl (C=O) groups excluding carboxylic acids is 1. The Morgan fingerprint density at radius 2 is 2.05 bits per heavy atom. The standard InChI is InChI=1S/C16H25N3O/c1-13(2)8-9-17-16(20)18-14-6-5-7-15(12-14)19-10-3-4-11-19/h5-7,12-13H,3-4,8-11H2,1-2H3,(H2,17,18,20). The average Bonchev–Trinajstić information content (AvgIpc) is 2.92. The Balaban J connectivity index is 1.85. The number of nitrogens with one attached hydrogen (secondary N) is 2. The highest BCUT2D eigenvalue weighted by Gasteiger charge is 2.12. The predicted octanol–water partition coefficient (Wildman–Crippen LogP) is 3.45. The number of nitrogens with zero attached hydrogens (tertiary/aromatic N) is 1. The van der Waals surface area contributed by atoms with Crippen LogP contribution < -0.4 is 15.5 Å². The van der Waals surface area contributed by atoms with Gasteiger partial charge in [-0.25, -0.2) is 4.79 Å². The number of carbonyl (C=O) groups is 1. The fourth-order valence-electron chi connectivity index (χ4n) is 2.41. The molecule has 0 unspecified atom stereocenters. The molecule has 20 heavy (non-hydrogen) atoms. The second kappa shape index (κ2) is 7.17. The number of rotatable bonds is 5. The molecule has 1 heterocycles. The second-order valence-corrected chi connectivity index (χ2v) is 5.81. The molecule has 1 aromatic rings. The summed E-state index contributed by atoms with van der Waals surface area (Å²) in [6.45, 7) is 7.25. The van der Waals surface area contributed by atoms with Crippen LogP contribution in [-0.2, 0) is 0 Å². The molecule has 4 heteroatoms. The molecular formula is C16H25N3O. The van der Waals surface area contributed by atoms with E-state index in [1.807, 2.05) is 18.2 Å². The van der Waals surface area contributed by atoms with Gasteiger partial charge in [0.15, 0.2) is 0 Å². The minimum absolute atomic E-state index is 0.121. The lowest BCUT2D eigenvalue weighted by Gasteiger charge is -2.18. The van der Waals surface area contributed by atoms with Crippen LogP contribution in [0.15, 0.2) is 24.3 Å². The predicted molar refractivity (Wildman–Crippen MR) is 84.4 cm³/mol. The van der Waals surface area contributed by atoms with Gasteiger partial charge in [-0.3, -0.25) is 0 Å². The van der Waals surface area contributed by atoms with Gasteiger partial charge in [0.1, 0.15) is 0 Å². The van der Waals surface area contributed by atoms with Crippen molar-refractivity contribution in [1.82, 2.24) is 5.32 Å². The van der Waals surface area contributed by atoms with Crippen molar-refractivity contribution in [2.24, 2.45) is 5.92 Å². The Morgan fingerprint density at radius 3 is 2.75 bits per heavy atom. The first-order chi connectivity index (χ1) is 9.65. The third kappa shape index (κ3) is 4.44. The zero-order chi connectivity index (χ0) is 14.4. The summed E-state index contributed by atoms with van der Waals surface area (Å²) in [5.41, 5.74) is 2.05. The molecule has 2 rings (SSSR count). The van der Waals surface area contributed by atoms with Gasteiger partial charge < -0.3 is 15.5 Å². The second-order valence-electron chi connectivity index (χ2n) is 5.81. The lowest BCUT2D eigenvalue weighted by molar-refractivity contribution is 0.251. The van der Waals surface area contributed by atoms with E-state index in [-0.39, 0.29) is 6.03 Å². The molecule has 1 aliphatic rings. The van der Waals surface area contributed by atoms with E-state index in [2.05, 4.69) is 35.4 Å². The summed E-state index contributed by atoms with van der Waals surface area (Å²) in [4.78, 5) is 14.2. The van der Waals surface area contributed by atoms with Crippen molar-refractivity contribution in [2.75, 3.05) is 29.9 Å². The average molecular weight is 275 g/mol. The molecule has 1 fully saturated rings. The van der Waals surface area contributed by atoms with Gasteiger partial charge in [0.25, 0.3) is 0 Å². The fourth-order valence-corrected chi connectivity index (χ4v) is 2.41. The van der Waals surface area contributed by atoms with Gasteiger partial charge in [-0.2, -0.15) is 0 Å². The lowest BCUT2D eigenvalue weighted by atomic mass is 10.1. The van der Waals surface area contributed by atoms with Crippen LogP contribution in [-0.4, -0.2) is 25.7 Å². The van der Waals surface area contributed by atoms with E-state index in [0.717, 1.165) is 31.7 Å². The minimum atomic E-state index is -0.121. The van der Waals surface area contributed by atoms with Crippen LogP contribution in [0, 0.1) is 5.92 Å². The number of amides is 2. The quantitative estimate of drug-likeness (QED) is 0.864. The number of urea groups is 1. The highest BCUT2D eigenvalue weighted by molar-refractivity contribution is 5.89. The van der Waals surface area contributed by atoms with Crippen LogP contribution in [0.1, 0.15) is 33.1 Å². The SMILES string of the molecule is CC(C)CCNC(=O)Nc1cccc(N2CCCC2)c1. The summed E-state index contributed by atoms with van der Waals surface area (Å²) in [6.07, 6.45) is 3.52. The maximum atomic E-state index is 11.8. The molecule has 2 N–H and O–H groups in total. The zero-order valence-corrected chi connectivity index (χ0v) is 12.5. The van der Waals surface area contributed by atoms with Crippen LogP contribution in [0.4, 0.5) is 16.2 Å². The molecule has 2 amide bonds. The maximum absolute atomic E-state index is 11.8. The first-order valence-corrected chi connectivity index (χ1v) is 7.55. The molecule has 110 valence electrons. The van der Waals surface area contributed by atoms with E-state index in [4.69, 9.17) is 0 Å². The van der Waals surface area contributed by atoms with E-state index in [9.17, 15) is 4.79 Å². The molecule has 0 atom stereocenters. The number of hydrogen-bond donors (Lipinski definition) is 2. The van der Waals surface area contributed by atoms with Gasteiger partial charge in [-0.1, -0.05) is 19.9 Å². The number of hydrogen-bond acceptors (Lipinski definition) is 2. The van der Waals surface area contributed by atoms with Crippen LogP contribution >= 0.6 is 0 Å². The van der Waals surface area contributed by atoms with Crippen molar-refractivity contribution in [1.29, 1.82) is 0 Å². The minimum Gasteiger partial charge on any atom is -0.371 e. The summed E-state index contributed by atoms with van der Waals surface area (Å²) in [5.74, 6) is 0.605. The van der Waals surface area contributed by atoms with E-state index in [1.54, 1.807) is 0 Å². The van der Waals surface area contributed by atoms with Gasteiger partial charge in [0.05, 0.1) is 0 Å². The van der Waals surface area contributed by atoms with Crippen LogP contribution in [0.3, 0.4) is 0 Å². The lowest BCUT2D eigenvalue weighted by Crippen LogP contribution is -2.30. The zero-order valence-electron chi connectivity index (χ0n) is 12.5. The molecule has 0 radical (unpaired) electrons. The highest BCUT2D eigenvalue weighted by atomic mass is 16.2. The third-order valence-electron chi connectivity index (χ3n) is 3.58. The molecule has 1 aliphatic heterocycles. The monoisotopic (exact) mass is 275 g/mol. The normalized spacial score (nSPS) is 14.7. The summed E-state index contributed by atoms with van der Waals surface area (Å²) >= 11 is 0. The van der Waals surface area contributed by atoms with Crippen molar-refractivity contribution in [3.05, 3.63) is 24.3 Å². The summed E-state index contributed by atoms with van der Waals surface area (Å²) in [7, 11) is 0. The number of anilines is 2. The molecule has 1 aromatic carbocycles. The third-order valence-corrected chi connectivity index (χ3v) is 3.58. The highest BCUT2D eigenvalue weighted by Crippen LogP contribution is 2.23. The first-order valence-electron chi connectivity index (χ1n) is 7.55. The van der Waals surface area contributed by atoms with Gasteiger partial charge >= 0.3 is 6.03 Å². The Labute approximate surface area is 121 Å². The largest absolute Gasteiger partial charge is 0.371 e. The van der Waals surface area contributed by atoms with Crippen molar-refractivity contribution < 1.29 is 4.79 Å². The van der Waals surface area contributed by atoms with Gasteiger partial charge in [-0.05, 0) is 43.4 Å². The maximum Gasteiger partial charge on any atom is 0.319 e. The van der Waals surface area contributed by atoms with Gasteiger partial charge in [-0.15, -0.1) is 0 Å². The first kappa shape index (κ1) is 14.7. The molecular weight excluding hydrogens is 250 g/mol. The van der Waals surface area contributed by atoms with Crippen LogP contribution in [0.25, 0.3) is 0 Å². The molecule has 0 spiro atoms. The van der Waals surface area contributed by atoms with E-state index >= 15 is 0 Å². The Morgan fingerprint density at radius 1 is 1.30 bits per heavy atom. The summed E-state index contributed by atoms with van der Waals surface area (Å²) in [5, 5.41) is 5.79. The smallest absolute Gasteiger partial charge is 0.319 e. The summed E-state index contributed by atoms with van der Waals surface area (Å²) < 4.78 is 0. The molecule has 4 nitrogen and oxygen atoms in total. The van der Waals surface area contributed by atoms with Crippen LogP contribution in [0.5, 0.6) is 0 Å². The Hall–Kier alpha value is -1.71. The van der Waals surface area contributed by atoms with Crippen molar-refractivity contribution >= 4 is 17.4 Å². The van der Waals surface area contributed by atoms with Crippen molar-refractivity contribution in [3.63, 3.8) is 0 Å². The summed E-state index contributed by atoms with van der Waals surface area (Å²) in [6, 6.07) is 7.96. The number of benzene rings is 1. The van der Waals surface area contributed by atoms with Crippen molar-refractivity contribution in [3.8, 4) is 0 Å². The molecule has 0 aliphatic carbocycles. The Kier molecular flexibility index (Phi) is 5.27. The molecule has 0 aromatic heterocycles. The van der Waals surface area contributed by atoms with Gasteiger partial charge in [0.2, 0.25) is 0 Å². The van der Waals surface area contributed by atoms with Crippen molar-refractivity contribution in [2.45, 2.75) is 33.1 Å². The van der Waals surface area contributed by atoms with Crippen LogP contribution in [0.2, 0.25) is 0 Å². The molecule has 1 saturated heterocycles. The van der Waals surface area contributed by atoms with E-state index in [1.165, 1.54) is 18.5 Å². The van der Waals surface area contributed by atoms with Gasteiger partial charge in [0, 0.05) is 31.0 Å². The van der Waals surface area contributed by atoms with E-state index < -0.39 is 0 Å².